The van der Waals surface area contributed by atoms with Crippen LogP contribution in [0.2, 0.25) is 0 Å². The second-order valence-corrected chi connectivity index (χ2v) is 6.78. The Morgan fingerprint density at radius 1 is 1.14 bits per heavy atom. The molecule has 0 bridgehead atoms. The molecule has 0 saturated carbocycles. The van der Waals surface area contributed by atoms with Crippen molar-refractivity contribution in [1.29, 1.82) is 0 Å². The molecular weight excluding hydrogens is 294 g/mol. The van der Waals surface area contributed by atoms with E-state index in [4.69, 9.17) is 4.98 Å². The van der Waals surface area contributed by atoms with Gasteiger partial charge in [0.15, 0.2) is 0 Å². The standard InChI is InChI=1S/C17H21N3OS/c1-6-14-19-20-13(8-21)16(18-17(20)22-14)15-11(4)9(2)7-10(3)12(15)5/h7,21H,6,8H2,1-5H3. The first-order valence-corrected chi connectivity index (χ1v) is 8.35. The molecule has 0 fully saturated rings. The monoisotopic (exact) mass is 315 g/mol. The van der Waals surface area contributed by atoms with Gasteiger partial charge in [-0.05, 0) is 56.4 Å². The van der Waals surface area contributed by atoms with Gasteiger partial charge in [-0.2, -0.15) is 5.10 Å². The molecule has 0 spiro atoms. The number of aliphatic hydroxyl groups is 1. The third kappa shape index (κ3) is 2.16. The number of aliphatic hydroxyl groups excluding tert-OH is 1. The average Bonchev–Trinajstić information content (AvgIpc) is 3.02. The van der Waals surface area contributed by atoms with Gasteiger partial charge >= 0.3 is 0 Å². The summed E-state index contributed by atoms with van der Waals surface area (Å²) in [6.07, 6.45) is 0.885. The van der Waals surface area contributed by atoms with Crippen LogP contribution < -0.4 is 0 Å². The maximum atomic E-state index is 9.87. The van der Waals surface area contributed by atoms with Crippen molar-refractivity contribution in [3.8, 4) is 11.3 Å². The van der Waals surface area contributed by atoms with E-state index in [1.54, 1.807) is 15.9 Å². The quantitative estimate of drug-likeness (QED) is 0.801. The lowest BCUT2D eigenvalue weighted by atomic mass is 9.91. The summed E-state index contributed by atoms with van der Waals surface area (Å²) < 4.78 is 1.80. The Hall–Kier alpha value is -1.72. The minimum Gasteiger partial charge on any atom is -0.390 e. The van der Waals surface area contributed by atoms with Crippen LogP contribution in [0.4, 0.5) is 0 Å². The third-order valence-electron chi connectivity index (χ3n) is 4.39. The lowest BCUT2D eigenvalue weighted by molar-refractivity contribution is 0.275. The van der Waals surface area contributed by atoms with Crippen molar-refractivity contribution in [2.75, 3.05) is 0 Å². The highest BCUT2D eigenvalue weighted by molar-refractivity contribution is 7.16. The zero-order valence-electron chi connectivity index (χ0n) is 13.7. The van der Waals surface area contributed by atoms with E-state index >= 15 is 0 Å². The molecule has 116 valence electrons. The Balaban J connectivity index is 2.33. The van der Waals surface area contributed by atoms with Crippen LogP contribution in [0, 0.1) is 27.7 Å². The Kier molecular flexibility index (Phi) is 3.78. The van der Waals surface area contributed by atoms with E-state index in [9.17, 15) is 5.11 Å². The normalized spacial score (nSPS) is 11.5. The number of hydrogen-bond donors (Lipinski definition) is 1. The summed E-state index contributed by atoms with van der Waals surface area (Å²) in [5.74, 6) is 0. The summed E-state index contributed by atoms with van der Waals surface area (Å²) in [4.78, 5) is 5.64. The van der Waals surface area contributed by atoms with Crippen LogP contribution in [0.15, 0.2) is 6.07 Å². The number of aryl methyl sites for hydroxylation is 3. The number of imidazole rings is 1. The van der Waals surface area contributed by atoms with Gasteiger partial charge in [0.25, 0.3) is 0 Å². The maximum Gasteiger partial charge on any atom is 0.213 e. The number of nitrogens with zero attached hydrogens (tertiary/aromatic N) is 3. The minimum atomic E-state index is -0.0603. The topological polar surface area (TPSA) is 50.4 Å². The summed E-state index contributed by atoms with van der Waals surface area (Å²) in [6.45, 7) is 10.5. The van der Waals surface area contributed by atoms with Crippen LogP contribution in [0.5, 0.6) is 0 Å². The summed E-state index contributed by atoms with van der Waals surface area (Å²) in [6, 6.07) is 2.21. The van der Waals surface area contributed by atoms with Crippen molar-refractivity contribution in [3.63, 3.8) is 0 Å². The molecule has 22 heavy (non-hydrogen) atoms. The van der Waals surface area contributed by atoms with Crippen molar-refractivity contribution in [1.82, 2.24) is 14.6 Å². The van der Waals surface area contributed by atoms with Gasteiger partial charge in [0.2, 0.25) is 4.96 Å². The van der Waals surface area contributed by atoms with Crippen LogP contribution in [-0.4, -0.2) is 19.7 Å². The van der Waals surface area contributed by atoms with E-state index < -0.39 is 0 Å². The average molecular weight is 315 g/mol. The highest BCUT2D eigenvalue weighted by Crippen LogP contribution is 2.34. The molecule has 0 aliphatic carbocycles. The van der Waals surface area contributed by atoms with Crippen molar-refractivity contribution in [2.45, 2.75) is 47.6 Å². The summed E-state index contributed by atoms with van der Waals surface area (Å²) in [7, 11) is 0. The first-order valence-electron chi connectivity index (χ1n) is 7.53. The number of hydrogen-bond acceptors (Lipinski definition) is 4. The molecule has 0 saturated heterocycles. The van der Waals surface area contributed by atoms with Gasteiger partial charge < -0.3 is 5.11 Å². The molecule has 1 N–H and O–H groups in total. The van der Waals surface area contributed by atoms with Crippen molar-refractivity contribution >= 4 is 16.3 Å². The van der Waals surface area contributed by atoms with E-state index in [0.29, 0.717) is 0 Å². The maximum absolute atomic E-state index is 9.87. The molecule has 2 heterocycles. The molecule has 4 nitrogen and oxygen atoms in total. The molecule has 1 aromatic carbocycles. The van der Waals surface area contributed by atoms with Crippen LogP contribution in [0.3, 0.4) is 0 Å². The molecular formula is C17H21N3OS. The second-order valence-electron chi connectivity index (χ2n) is 5.74. The minimum absolute atomic E-state index is 0.0603. The smallest absolute Gasteiger partial charge is 0.213 e. The van der Waals surface area contributed by atoms with Crippen LogP contribution in [0.1, 0.15) is 39.9 Å². The number of fused-ring (bicyclic) bond motifs is 1. The number of benzene rings is 1. The fraction of sp³-hybridized carbons (Fsp3) is 0.412. The Morgan fingerprint density at radius 3 is 2.32 bits per heavy atom. The summed E-state index contributed by atoms with van der Waals surface area (Å²) >= 11 is 1.59. The Labute approximate surface area is 134 Å². The zero-order chi connectivity index (χ0) is 16.0. The fourth-order valence-electron chi connectivity index (χ4n) is 2.89. The van der Waals surface area contributed by atoms with E-state index in [2.05, 4.69) is 45.8 Å². The Bertz CT molecular complexity index is 835. The molecule has 3 aromatic rings. The SMILES string of the molecule is CCc1nn2c(CO)c(-c3c(C)c(C)cc(C)c3C)nc2s1. The van der Waals surface area contributed by atoms with Crippen LogP contribution in [0.25, 0.3) is 16.2 Å². The van der Waals surface area contributed by atoms with Gasteiger partial charge in [0.1, 0.15) is 5.01 Å². The molecule has 5 heteroatoms. The highest BCUT2D eigenvalue weighted by Gasteiger charge is 2.21. The number of aromatic nitrogens is 3. The van der Waals surface area contributed by atoms with Crippen molar-refractivity contribution in [2.24, 2.45) is 0 Å². The molecule has 0 atom stereocenters. The highest BCUT2D eigenvalue weighted by atomic mass is 32.1. The molecule has 0 amide bonds. The van der Waals surface area contributed by atoms with E-state index in [1.807, 2.05) is 0 Å². The van der Waals surface area contributed by atoms with Crippen LogP contribution in [-0.2, 0) is 13.0 Å². The van der Waals surface area contributed by atoms with Crippen molar-refractivity contribution in [3.05, 3.63) is 39.0 Å². The first-order chi connectivity index (χ1) is 10.5. The van der Waals surface area contributed by atoms with Crippen molar-refractivity contribution < 1.29 is 5.11 Å². The molecule has 0 radical (unpaired) electrons. The molecule has 0 aliphatic rings. The lowest BCUT2D eigenvalue weighted by Crippen LogP contribution is -2.00. The third-order valence-corrected chi connectivity index (χ3v) is 5.45. The van der Waals surface area contributed by atoms with E-state index in [-0.39, 0.29) is 6.61 Å². The predicted molar refractivity (Wildman–Crippen MR) is 90.5 cm³/mol. The molecule has 2 aromatic heterocycles. The van der Waals surface area contributed by atoms with Crippen LogP contribution >= 0.6 is 11.3 Å². The number of rotatable bonds is 3. The lowest BCUT2D eigenvalue weighted by Gasteiger charge is -2.14. The first kappa shape index (κ1) is 15.2. The fourth-order valence-corrected chi connectivity index (χ4v) is 3.74. The molecule has 3 rings (SSSR count). The second kappa shape index (κ2) is 5.48. The predicted octanol–water partition coefficient (Wildman–Crippen LogP) is 3.75. The van der Waals surface area contributed by atoms with Gasteiger partial charge in [0.05, 0.1) is 18.0 Å². The van der Waals surface area contributed by atoms with Gasteiger partial charge in [0, 0.05) is 5.56 Å². The van der Waals surface area contributed by atoms with Gasteiger partial charge in [-0.3, -0.25) is 0 Å². The van der Waals surface area contributed by atoms with E-state index in [1.165, 1.54) is 22.3 Å². The van der Waals surface area contributed by atoms with E-state index in [0.717, 1.165) is 33.3 Å². The zero-order valence-corrected chi connectivity index (χ0v) is 14.5. The Morgan fingerprint density at radius 2 is 1.77 bits per heavy atom. The largest absolute Gasteiger partial charge is 0.390 e. The summed E-state index contributed by atoms with van der Waals surface area (Å²) in [5, 5.41) is 15.5. The van der Waals surface area contributed by atoms with Gasteiger partial charge in [-0.1, -0.05) is 24.3 Å². The molecule has 0 unspecified atom stereocenters. The molecule has 0 aliphatic heterocycles. The van der Waals surface area contributed by atoms with Gasteiger partial charge in [-0.25, -0.2) is 9.50 Å². The summed E-state index contributed by atoms with van der Waals surface area (Å²) in [5.41, 5.74) is 7.73. The van der Waals surface area contributed by atoms with Gasteiger partial charge in [-0.15, -0.1) is 0 Å².